The molecule has 1 aromatic heterocycles. The number of aliphatic imine (C=N–C) groups is 1. The largest absolute Gasteiger partial charge is 0.368 e. The molecule has 1 heterocycles. The molecule has 0 atom stereocenters. The Balaban J connectivity index is 1.94. The van der Waals surface area contributed by atoms with Crippen LogP contribution < -0.4 is 5.73 Å². The van der Waals surface area contributed by atoms with Crippen molar-refractivity contribution >= 4 is 34.4 Å². The fourth-order valence-corrected chi connectivity index (χ4v) is 2.48. The average Bonchev–Trinajstić information content (AvgIpc) is 2.91. The van der Waals surface area contributed by atoms with Gasteiger partial charge in [0.15, 0.2) is 0 Å². The lowest BCUT2D eigenvalue weighted by Gasteiger charge is -2.00. The molecule has 3 rings (SSSR count). The zero-order chi connectivity index (χ0) is 17.1. The van der Waals surface area contributed by atoms with Crippen molar-refractivity contribution in [3.05, 3.63) is 70.4 Å². The van der Waals surface area contributed by atoms with Gasteiger partial charge >= 0.3 is 0 Å². The van der Waals surface area contributed by atoms with Gasteiger partial charge in [-0.3, -0.25) is 19.9 Å². The molecule has 0 unspecified atom stereocenters. The van der Waals surface area contributed by atoms with Gasteiger partial charge in [-0.1, -0.05) is 18.2 Å². The lowest BCUT2D eigenvalue weighted by molar-refractivity contribution is -0.384. The van der Waals surface area contributed by atoms with Crippen LogP contribution in [0.25, 0.3) is 10.9 Å². The highest BCUT2D eigenvalue weighted by molar-refractivity contribution is 6.00. The summed E-state index contributed by atoms with van der Waals surface area (Å²) in [7, 11) is 0. The molecular weight excluding hydrogens is 308 g/mol. The molecule has 0 aliphatic rings. The molecule has 0 aliphatic heterocycles. The smallest absolute Gasteiger partial charge is 0.269 e. The first kappa shape index (κ1) is 15.4. The number of carbonyl (C=O) groups is 1. The van der Waals surface area contributed by atoms with Gasteiger partial charge in [0.1, 0.15) is 6.54 Å². The molecule has 0 bridgehead atoms. The van der Waals surface area contributed by atoms with Gasteiger partial charge in [-0.25, -0.2) is 0 Å². The van der Waals surface area contributed by atoms with E-state index in [1.165, 1.54) is 12.1 Å². The Bertz CT molecular complexity index is 942. The third-order valence-corrected chi connectivity index (χ3v) is 3.56. The number of fused-ring (bicyclic) bond motifs is 1. The highest BCUT2D eigenvalue weighted by atomic mass is 16.6. The van der Waals surface area contributed by atoms with E-state index in [0.29, 0.717) is 5.69 Å². The predicted molar refractivity (Wildman–Crippen MR) is 91.5 cm³/mol. The van der Waals surface area contributed by atoms with Gasteiger partial charge in [-0.05, 0) is 18.2 Å². The van der Waals surface area contributed by atoms with Gasteiger partial charge < -0.3 is 10.3 Å². The normalized spacial score (nSPS) is 11.2. The first-order valence-electron chi connectivity index (χ1n) is 7.19. The maximum absolute atomic E-state index is 11.2. The van der Waals surface area contributed by atoms with Crippen LogP contribution in [-0.4, -0.2) is 21.6 Å². The predicted octanol–water partition coefficient (Wildman–Crippen LogP) is 2.79. The summed E-state index contributed by atoms with van der Waals surface area (Å²) in [6.07, 6.45) is 3.48. The highest BCUT2D eigenvalue weighted by Crippen LogP contribution is 2.22. The number of nitrogens with zero attached hydrogens (tertiary/aromatic N) is 3. The summed E-state index contributed by atoms with van der Waals surface area (Å²) < 4.78 is 1.77. The topological polar surface area (TPSA) is 104 Å². The monoisotopic (exact) mass is 322 g/mol. The van der Waals surface area contributed by atoms with Gasteiger partial charge in [-0.15, -0.1) is 0 Å². The molecule has 120 valence electrons. The minimum atomic E-state index is -0.453. The van der Waals surface area contributed by atoms with Crippen LogP contribution in [0.15, 0.2) is 59.7 Å². The second-order valence-electron chi connectivity index (χ2n) is 5.23. The second kappa shape index (κ2) is 6.33. The van der Waals surface area contributed by atoms with Crippen LogP contribution in [0.2, 0.25) is 0 Å². The van der Waals surface area contributed by atoms with E-state index in [9.17, 15) is 14.9 Å². The number of aromatic nitrogens is 1. The summed E-state index contributed by atoms with van der Waals surface area (Å²) in [4.78, 5) is 25.7. The molecular formula is C17H14N4O3. The quantitative estimate of drug-likeness (QED) is 0.443. The van der Waals surface area contributed by atoms with E-state index >= 15 is 0 Å². The Morgan fingerprint density at radius 2 is 1.92 bits per heavy atom. The number of hydrogen-bond acceptors (Lipinski definition) is 4. The highest BCUT2D eigenvalue weighted by Gasteiger charge is 2.08. The fourth-order valence-electron chi connectivity index (χ4n) is 2.48. The Kier molecular flexibility index (Phi) is 4.07. The number of carbonyl (C=O) groups excluding carboxylic acids is 1. The number of non-ortho nitro benzene ring substituents is 1. The van der Waals surface area contributed by atoms with Crippen molar-refractivity contribution in [3.8, 4) is 0 Å². The number of nitrogens with two attached hydrogens (primary N) is 1. The molecule has 2 aromatic carbocycles. The molecule has 2 N–H and O–H groups in total. The molecule has 0 spiro atoms. The van der Waals surface area contributed by atoms with Gasteiger partial charge in [0, 0.05) is 41.0 Å². The van der Waals surface area contributed by atoms with Crippen molar-refractivity contribution < 1.29 is 9.72 Å². The van der Waals surface area contributed by atoms with E-state index in [-0.39, 0.29) is 12.2 Å². The Morgan fingerprint density at radius 1 is 1.21 bits per heavy atom. The van der Waals surface area contributed by atoms with Crippen LogP contribution in [0.3, 0.4) is 0 Å². The lowest BCUT2D eigenvalue weighted by atomic mass is 10.2. The van der Waals surface area contributed by atoms with E-state index < -0.39 is 10.8 Å². The summed E-state index contributed by atoms with van der Waals surface area (Å²) in [5, 5.41) is 11.6. The fraction of sp³-hybridized carbons (Fsp3) is 0.0588. The van der Waals surface area contributed by atoms with Gasteiger partial charge in [-0.2, -0.15) is 0 Å². The average molecular weight is 322 g/mol. The first-order valence-corrected chi connectivity index (χ1v) is 7.19. The number of primary amides is 1. The summed E-state index contributed by atoms with van der Waals surface area (Å²) in [6, 6.07) is 13.6. The van der Waals surface area contributed by atoms with Crippen LogP contribution in [0, 0.1) is 10.1 Å². The molecule has 0 aliphatic carbocycles. The Hall–Kier alpha value is -3.48. The third-order valence-electron chi connectivity index (χ3n) is 3.56. The second-order valence-corrected chi connectivity index (χ2v) is 5.23. The van der Waals surface area contributed by atoms with Gasteiger partial charge in [0.05, 0.1) is 10.6 Å². The Morgan fingerprint density at radius 3 is 2.58 bits per heavy atom. The first-order chi connectivity index (χ1) is 11.5. The standard InChI is InChI=1S/C17H14N4O3/c18-17(22)11-20-10-12(15-3-1-2-4-16(15)20)9-19-13-5-7-14(8-6-13)21(23)24/h1-10H,11H2,(H2,18,22). The Labute approximate surface area is 137 Å². The van der Waals surface area contributed by atoms with Crippen molar-refractivity contribution in [1.29, 1.82) is 0 Å². The molecule has 7 heteroatoms. The number of amides is 1. The van der Waals surface area contributed by atoms with Crippen LogP contribution in [0.5, 0.6) is 0 Å². The van der Waals surface area contributed by atoms with E-state index in [0.717, 1.165) is 16.5 Å². The maximum atomic E-state index is 11.2. The SMILES string of the molecule is NC(=O)Cn1cc(C=Nc2ccc([N+](=O)[O-])cc2)c2ccccc21. The number of benzene rings is 2. The van der Waals surface area contributed by atoms with Crippen molar-refractivity contribution in [2.45, 2.75) is 6.54 Å². The van der Waals surface area contributed by atoms with E-state index in [1.807, 2.05) is 30.5 Å². The molecule has 24 heavy (non-hydrogen) atoms. The molecule has 0 fully saturated rings. The third kappa shape index (κ3) is 3.14. The van der Waals surface area contributed by atoms with Gasteiger partial charge in [0.25, 0.3) is 5.69 Å². The zero-order valence-electron chi connectivity index (χ0n) is 12.6. The summed E-state index contributed by atoms with van der Waals surface area (Å²) in [5.41, 5.74) is 7.63. The van der Waals surface area contributed by atoms with E-state index in [4.69, 9.17) is 5.73 Å². The molecule has 3 aromatic rings. The molecule has 0 radical (unpaired) electrons. The van der Waals surface area contributed by atoms with E-state index in [2.05, 4.69) is 4.99 Å². The summed E-state index contributed by atoms with van der Waals surface area (Å²) >= 11 is 0. The summed E-state index contributed by atoms with van der Waals surface area (Å²) in [5.74, 6) is -0.422. The molecule has 0 saturated heterocycles. The molecule has 0 saturated carbocycles. The number of hydrogen-bond donors (Lipinski definition) is 1. The van der Waals surface area contributed by atoms with Crippen LogP contribution in [-0.2, 0) is 11.3 Å². The minimum absolute atomic E-state index is 0.0204. The van der Waals surface area contributed by atoms with Crippen molar-refractivity contribution in [2.24, 2.45) is 10.7 Å². The van der Waals surface area contributed by atoms with Gasteiger partial charge in [0.2, 0.25) is 5.91 Å². The number of para-hydroxylation sites is 1. The van der Waals surface area contributed by atoms with Crippen LogP contribution >= 0.6 is 0 Å². The minimum Gasteiger partial charge on any atom is -0.368 e. The summed E-state index contributed by atoms with van der Waals surface area (Å²) in [6.45, 7) is 0.0892. The lowest BCUT2D eigenvalue weighted by Crippen LogP contribution is -2.17. The van der Waals surface area contributed by atoms with Crippen LogP contribution in [0.1, 0.15) is 5.56 Å². The van der Waals surface area contributed by atoms with E-state index in [1.54, 1.807) is 22.9 Å². The van der Waals surface area contributed by atoms with Crippen molar-refractivity contribution in [2.75, 3.05) is 0 Å². The maximum Gasteiger partial charge on any atom is 0.269 e. The number of nitro benzene ring substituents is 1. The number of nitro groups is 1. The van der Waals surface area contributed by atoms with Crippen molar-refractivity contribution in [3.63, 3.8) is 0 Å². The molecule has 1 amide bonds. The number of rotatable bonds is 5. The van der Waals surface area contributed by atoms with Crippen molar-refractivity contribution in [1.82, 2.24) is 4.57 Å². The van der Waals surface area contributed by atoms with Crippen LogP contribution in [0.4, 0.5) is 11.4 Å². The molecule has 7 nitrogen and oxygen atoms in total. The zero-order valence-corrected chi connectivity index (χ0v) is 12.6.